The maximum absolute atomic E-state index is 12.2. The fraction of sp³-hybridized carbons (Fsp3) is 0.538. The molecular formula is C13H23N3O2S. The molecule has 1 rings (SSSR count). The maximum atomic E-state index is 12.2. The summed E-state index contributed by atoms with van der Waals surface area (Å²) in [6.45, 7) is 6.66. The molecule has 19 heavy (non-hydrogen) atoms. The van der Waals surface area contributed by atoms with Crippen LogP contribution in [0, 0.1) is 0 Å². The predicted molar refractivity (Wildman–Crippen MR) is 79.0 cm³/mol. The molecule has 6 heteroatoms. The SMILES string of the molecule is CCNc1ccccc1S(=O)(=O)NCCN(C)CC. The minimum atomic E-state index is -3.46. The van der Waals surface area contributed by atoms with E-state index in [1.54, 1.807) is 18.2 Å². The molecule has 1 aromatic carbocycles. The molecule has 1 aromatic rings. The molecule has 0 aliphatic heterocycles. The molecule has 0 aliphatic rings. The number of anilines is 1. The minimum Gasteiger partial charge on any atom is -0.384 e. The summed E-state index contributed by atoms with van der Waals surface area (Å²) in [5.41, 5.74) is 0.640. The smallest absolute Gasteiger partial charge is 0.242 e. The lowest BCUT2D eigenvalue weighted by Gasteiger charge is -2.15. The molecule has 0 radical (unpaired) electrons. The normalized spacial score (nSPS) is 11.8. The van der Waals surface area contributed by atoms with E-state index in [2.05, 4.69) is 14.9 Å². The molecule has 0 aromatic heterocycles. The first kappa shape index (κ1) is 15.9. The van der Waals surface area contributed by atoms with Crippen LogP contribution in [-0.4, -0.2) is 46.5 Å². The van der Waals surface area contributed by atoms with Crippen LogP contribution in [0.1, 0.15) is 13.8 Å². The van der Waals surface area contributed by atoms with Gasteiger partial charge < -0.3 is 10.2 Å². The largest absolute Gasteiger partial charge is 0.384 e. The van der Waals surface area contributed by atoms with Gasteiger partial charge in [0.15, 0.2) is 0 Å². The lowest BCUT2D eigenvalue weighted by Crippen LogP contribution is -2.33. The first-order valence-electron chi connectivity index (χ1n) is 6.52. The summed E-state index contributed by atoms with van der Waals surface area (Å²) in [7, 11) is -1.50. The maximum Gasteiger partial charge on any atom is 0.242 e. The summed E-state index contributed by atoms with van der Waals surface area (Å²) in [4.78, 5) is 2.36. The van der Waals surface area contributed by atoms with E-state index in [4.69, 9.17) is 0 Å². The molecule has 0 atom stereocenters. The van der Waals surface area contributed by atoms with Gasteiger partial charge in [-0.2, -0.15) is 0 Å². The number of para-hydroxylation sites is 1. The van der Waals surface area contributed by atoms with Gasteiger partial charge in [-0.15, -0.1) is 0 Å². The molecule has 0 spiro atoms. The van der Waals surface area contributed by atoms with Crippen molar-refractivity contribution in [1.82, 2.24) is 9.62 Å². The predicted octanol–water partition coefficient (Wildman–Crippen LogP) is 1.35. The highest BCUT2D eigenvalue weighted by Gasteiger charge is 2.17. The highest BCUT2D eigenvalue weighted by atomic mass is 32.2. The number of benzene rings is 1. The molecule has 0 heterocycles. The van der Waals surface area contributed by atoms with Gasteiger partial charge in [-0.1, -0.05) is 19.1 Å². The second-order valence-corrected chi connectivity index (χ2v) is 6.06. The Bertz CT molecular complexity index is 488. The van der Waals surface area contributed by atoms with Crippen molar-refractivity contribution in [3.05, 3.63) is 24.3 Å². The van der Waals surface area contributed by atoms with Gasteiger partial charge in [0.2, 0.25) is 10.0 Å². The molecule has 0 saturated heterocycles. The van der Waals surface area contributed by atoms with E-state index in [1.165, 1.54) is 0 Å². The quantitative estimate of drug-likeness (QED) is 0.757. The highest BCUT2D eigenvalue weighted by molar-refractivity contribution is 7.89. The summed E-state index contributed by atoms with van der Waals surface area (Å²) in [6.07, 6.45) is 0. The molecule has 108 valence electrons. The van der Waals surface area contributed by atoms with E-state index < -0.39 is 10.0 Å². The molecule has 0 amide bonds. The number of nitrogens with zero attached hydrogens (tertiary/aromatic N) is 1. The highest BCUT2D eigenvalue weighted by Crippen LogP contribution is 2.20. The van der Waals surface area contributed by atoms with Crippen LogP contribution in [-0.2, 0) is 10.0 Å². The number of hydrogen-bond acceptors (Lipinski definition) is 4. The average Bonchev–Trinajstić information content (AvgIpc) is 2.39. The van der Waals surface area contributed by atoms with Crippen molar-refractivity contribution in [2.24, 2.45) is 0 Å². The van der Waals surface area contributed by atoms with Gasteiger partial charge in [-0.05, 0) is 32.6 Å². The average molecular weight is 285 g/mol. The fourth-order valence-electron chi connectivity index (χ4n) is 1.64. The van der Waals surface area contributed by atoms with Crippen LogP contribution in [0.2, 0.25) is 0 Å². The molecule has 2 N–H and O–H groups in total. The van der Waals surface area contributed by atoms with E-state index >= 15 is 0 Å². The van der Waals surface area contributed by atoms with Crippen LogP contribution in [0.4, 0.5) is 5.69 Å². The first-order valence-corrected chi connectivity index (χ1v) is 8.00. The van der Waals surface area contributed by atoms with Crippen LogP contribution < -0.4 is 10.0 Å². The first-order chi connectivity index (χ1) is 9.01. The molecule has 5 nitrogen and oxygen atoms in total. The van der Waals surface area contributed by atoms with Gasteiger partial charge in [0.05, 0.1) is 5.69 Å². The number of hydrogen-bond donors (Lipinski definition) is 2. The monoisotopic (exact) mass is 285 g/mol. The van der Waals surface area contributed by atoms with Gasteiger partial charge in [0, 0.05) is 19.6 Å². The van der Waals surface area contributed by atoms with Gasteiger partial charge in [-0.3, -0.25) is 0 Å². The third-order valence-electron chi connectivity index (χ3n) is 2.87. The van der Waals surface area contributed by atoms with E-state index in [-0.39, 0.29) is 0 Å². The second kappa shape index (κ2) is 7.47. The molecule has 0 fully saturated rings. The number of nitrogens with one attached hydrogen (secondary N) is 2. The zero-order valence-electron chi connectivity index (χ0n) is 11.8. The Morgan fingerprint density at radius 2 is 1.89 bits per heavy atom. The van der Waals surface area contributed by atoms with E-state index in [0.29, 0.717) is 30.2 Å². The van der Waals surface area contributed by atoms with Crippen molar-refractivity contribution in [2.45, 2.75) is 18.7 Å². The fourth-order valence-corrected chi connectivity index (χ4v) is 2.85. The summed E-state index contributed by atoms with van der Waals surface area (Å²) >= 11 is 0. The topological polar surface area (TPSA) is 61.4 Å². The van der Waals surface area contributed by atoms with Gasteiger partial charge >= 0.3 is 0 Å². The lowest BCUT2D eigenvalue weighted by atomic mass is 10.3. The Hall–Kier alpha value is -1.11. The lowest BCUT2D eigenvalue weighted by molar-refractivity contribution is 0.358. The number of rotatable bonds is 8. The molecule has 0 saturated carbocycles. The van der Waals surface area contributed by atoms with Crippen molar-refractivity contribution in [3.63, 3.8) is 0 Å². The Labute approximate surface area is 116 Å². The van der Waals surface area contributed by atoms with Crippen LogP contribution in [0.25, 0.3) is 0 Å². The number of likely N-dealkylation sites (N-methyl/N-ethyl adjacent to an activating group) is 1. The Morgan fingerprint density at radius 3 is 2.53 bits per heavy atom. The zero-order valence-corrected chi connectivity index (χ0v) is 12.6. The van der Waals surface area contributed by atoms with E-state index in [9.17, 15) is 8.42 Å². The number of sulfonamides is 1. The third kappa shape index (κ3) is 4.81. The van der Waals surface area contributed by atoms with Crippen molar-refractivity contribution in [2.75, 3.05) is 38.5 Å². The Balaban J connectivity index is 2.77. The summed E-state index contributed by atoms with van der Waals surface area (Å²) in [6, 6.07) is 6.94. The van der Waals surface area contributed by atoms with Crippen LogP contribution >= 0.6 is 0 Å². The Morgan fingerprint density at radius 1 is 1.21 bits per heavy atom. The van der Waals surface area contributed by atoms with Crippen LogP contribution in [0.5, 0.6) is 0 Å². The van der Waals surface area contributed by atoms with Crippen molar-refractivity contribution in [3.8, 4) is 0 Å². The molecular weight excluding hydrogens is 262 g/mol. The van der Waals surface area contributed by atoms with Gasteiger partial charge in [0.1, 0.15) is 4.90 Å². The van der Waals surface area contributed by atoms with Crippen LogP contribution in [0.15, 0.2) is 29.2 Å². The second-order valence-electron chi connectivity index (χ2n) is 4.32. The molecule has 0 aliphatic carbocycles. The standard InChI is InChI=1S/C13H23N3O2S/c1-4-14-12-8-6-7-9-13(12)19(17,18)15-10-11-16(3)5-2/h6-9,14-15H,4-5,10-11H2,1-3H3. The molecule has 0 bridgehead atoms. The third-order valence-corrected chi connectivity index (χ3v) is 4.39. The van der Waals surface area contributed by atoms with Crippen molar-refractivity contribution < 1.29 is 8.42 Å². The molecule has 0 unspecified atom stereocenters. The van der Waals surface area contributed by atoms with Crippen molar-refractivity contribution in [1.29, 1.82) is 0 Å². The van der Waals surface area contributed by atoms with Crippen LogP contribution in [0.3, 0.4) is 0 Å². The van der Waals surface area contributed by atoms with Gasteiger partial charge in [-0.25, -0.2) is 13.1 Å². The Kier molecular flexibility index (Phi) is 6.27. The summed E-state index contributed by atoms with van der Waals surface area (Å²) in [5.74, 6) is 0. The van der Waals surface area contributed by atoms with Gasteiger partial charge in [0.25, 0.3) is 0 Å². The minimum absolute atomic E-state index is 0.302. The van der Waals surface area contributed by atoms with E-state index in [1.807, 2.05) is 27.0 Å². The zero-order chi connectivity index (χ0) is 14.3. The summed E-state index contributed by atoms with van der Waals surface area (Å²) < 4.78 is 27.1. The van der Waals surface area contributed by atoms with E-state index in [0.717, 1.165) is 6.54 Å². The summed E-state index contributed by atoms with van der Waals surface area (Å²) in [5, 5.41) is 3.06. The van der Waals surface area contributed by atoms with Crippen molar-refractivity contribution >= 4 is 15.7 Å².